The van der Waals surface area contributed by atoms with Gasteiger partial charge in [0.15, 0.2) is 15.8 Å². The Balaban J connectivity index is 1.93. The molecule has 6 heteroatoms. The summed E-state index contributed by atoms with van der Waals surface area (Å²) in [4.78, 5) is 18.6. The van der Waals surface area contributed by atoms with E-state index < -0.39 is 0 Å². The lowest BCUT2D eigenvalue weighted by molar-refractivity contribution is 0.112. The zero-order valence-electron chi connectivity index (χ0n) is 9.01. The summed E-state index contributed by atoms with van der Waals surface area (Å²) in [6.07, 6.45) is 0.731. The van der Waals surface area contributed by atoms with Crippen LogP contribution < -0.4 is 0 Å². The van der Waals surface area contributed by atoms with E-state index >= 15 is 0 Å². The highest BCUT2D eigenvalue weighted by Crippen LogP contribution is 2.34. The molecule has 0 aliphatic heterocycles. The van der Waals surface area contributed by atoms with Crippen LogP contribution in [0.25, 0.3) is 10.9 Å². The molecule has 0 saturated carbocycles. The Bertz CT molecular complexity index is 687. The number of nitrogens with zero attached hydrogens (tertiary/aromatic N) is 1. The van der Waals surface area contributed by atoms with Gasteiger partial charge in [0.1, 0.15) is 4.88 Å². The van der Waals surface area contributed by atoms with Gasteiger partial charge in [0.2, 0.25) is 0 Å². The van der Waals surface area contributed by atoms with Crippen molar-refractivity contribution in [2.24, 2.45) is 0 Å². The first-order valence-electron chi connectivity index (χ1n) is 5.13. The van der Waals surface area contributed by atoms with Crippen molar-refractivity contribution in [3.8, 4) is 0 Å². The minimum Gasteiger partial charge on any atom is -0.349 e. The van der Waals surface area contributed by atoms with Gasteiger partial charge in [-0.15, -0.1) is 11.3 Å². The maximum Gasteiger partial charge on any atom is 0.163 e. The van der Waals surface area contributed by atoms with Crippen molar-refractivity contribution in [2.45, 2.75) is 9.37 Å². The first-order chi connectivity index (χ1) is 8.76. The minimum atomic E-state index is 0.272. The highest BCUT2D eigenvalue weighted by molar-refractivity contribution is 8.01. The third-order valence-corrected chi connectivity index (χ3v) is 4.78. The number of carbonyl (C=O) groups is 1. The molecular weight excluding hydrogens is 288 g/mol. The third kappa shape index (κ3) is 2.16. The number of hydrogen-bond donors (Lipinski definition) is 1. The van der Waals surface area contributed by atoms with Crippen LogP contribution in [-0.4, -0.2) is 16.3 Å². The lowest BCUT2D eigenvalue weighted by atomic mass is 10.3. The van der Waals surface area contributed by atoms with E-state index in [-0.39, 0.29) is 5.15 Å². The fraction of sp³-hybridized carbons (Fsp3) is 0. The normalized spacial score (nSPS) is 10.9. The highest BCUT2D eigenvalue weighted by atomic mass is 35.5. The van der Waals surface area contributed by atoms with Crippen LogP contribution in [0.2, 0.25) is 5.15 Å². The summed E-state index contributed by atoms with van der Waals surface area (Å²) in [5.74, 6) is 0. The topological polar surface area (TPSA) is 45.8 Å². The molecular formula is C12H7ClN2OS2. The summed E-state index contributed by atoms with van der Waals surface area (Å²) in [5, 5.41) is 2.41. The lowest BCUT2D eigenvalue weighted by Gasteiger charge is -1.90. The molecule has 0 radical (unpaired) electrons. The number of thiazole rings is 1. The van der Waals surface area contributed by atoms with E-state index in [0.29, 0.717) is 4.88 Å². The molecule has 0 fully saturated rings. The molecule has 18 heavy (non-hydrogen) atoms. The molecule has 0 saturated heterocycles. The molecule has 0 unspecified atom stereocenters. The number of H-pyrrole nitrogens is 1. The van der Waals surface area contributed by atoms with Crippen LogP contribution in [-0.2, 0) is 0 Å². The molecule has 0 spiro atoms. The number of carbonyl (C=O) groups excluding carboxylic acids is 1. The van der Waals surface area contributed by atoms with E-state index in [1.165, 1.54) is 23.1 Å². The molecule has 3 rings (SSSR count). The van der Waals surface area contributed by atoms with Crippen LogP contribution in [0.1, 0.15) is 9.67 Å². The van der Waals surface area contributed by atoms with Gasteiger partial charge in [-0.25, -0.2) is 4.98 Å². The molecule has 0 bridgehead atoms. The molecule has 0 amide bonds. The van der Waals surface area contributed by atoms with Gasteiger partial charge in [0, 0.05) is 10.9 Å². The molecule has 0 aliphatic rings. The van der Waals surface area contributed by atoms with E-state index in [1.807, 2.05) is 24.3 Å². The van der Waals surface area contributed by atoms with Crippen molar-refractivity contribution >= 4 is 51.9 Å². The number of fused-ring (bicyclic) bond motifs is 1. The molecule has 0 atom stereocenters. The van der Waals surface area contributed by atoms with Gasteiger partial charge in [-0.1, -0.05) is 29.8 Å². The van der Waals surface area contributed by atoms with Gasteiger partial charge >= 0.3 is 0 Å². The Morgan fingerprint density at radius 2 is 2.22 bits per heavy atom. The first-order valence-corrected chi connectivity index (χ1v) is 7.14. The van der Waals surface area contributed by atoms with Crippen LogP contribution in [0.15, 0.2) is 39.7 Å². The molecule has 1 N–H and O–H groups in total. The molecule has 3 aromatic rings. The van der Waals surface area contributed by atoms with Gasteiger partial charge in [-0.2, -0.15) is 0 Å². The quantitative estimate of drug-likeness (QED) is 0.735. The molecule has 2 aromatic heterocycles. The SMILES string of the molecule is O=Cc1sc(Sc2cc3ccccc3[nH]2)nc1Cl. The van der Waals surface area contributed by atoms with Crippen molar-refractivity contribution < 1.29 is 4.79 Å². The van der Waals surface area contributed by atoms with Gasteiger partial charge in [0.25, 0.3) is 0 Å². The Morgan fingerprint density at radius 1 is 1.39 bits per heavy atom. The smallest absolute Gasteiger partial charge is 0.163 e. The van der Waals surface area contributed by atoms with E-state index in [4.69, 9.17) is 11.6 Å². The van der Waals surface area contributed by atoms with Crippen LogP contribution in [0.4, 0.5) is 0 Å². The molecule has 2 heterocycles. The number of nitrogens with one attached hydrogen (secondary N) is 1. The summed E-state index contributed by atoms with van der Waals surface area (Å²) in [6, 6.07) is 10.1. The zero-order chi connectivity index (χ0) is 12.5. The molecule has 0 aliphatic carbocycles. The summed E-state index contributed by atoms with van der Waals surface area (Å²) in [6.45, 7) is 0. The number of aromatic amines is 1. The standard InChI is InChI=1S/C12H7ClN2OS2/c13-11-9(6-16)17-12(15-11)18-10-5-7-3-1-2-4-8(7)14-10/h1-6,14H. The highest BCUT2D eigenvalue weighted by Gasteiger charge is 2.10. The van der Waals surface area contributed by atoms with Gasteiger partial charge in [-0.05, 0) is 23.9 Å². The molecule has 90 valence electrons. The monoisotopic (exact) mass is 294 g/mol. The maximum atomic E-state index is 10.7. The summed E-state index contributed by atoms with van der Waals surface area (Å²) in [5.41, 5.74) is 1.08. The van der Waals surface area contributed by atoms with Crippen molar-refractivity contribution in [1.29, 1.82) is 0 Å². The van der Waals surface area contributed by atoms with E-state index in [1.54, 1.807) is 0 Å². The second kappa shape index (κ2) is 4.76. The maximum absolute atomic E-state index is 10.7. The molecule has 1 aromatic carbocycles. The second-order valence-electron chi connectivity index (χ2n) is 3.58. The van der Waals surface area contributed by atoms with Crippen molar-refractivity contribution in [1.82, 2.24) is 9.97 Å². The number of aromatic nitrogens is 2. The fourth-order valence-electron chi connectivity index (χ4n) is 1.61. The summed E-state index contributed by atoms with van der Waals surface area (Å²) < 4.78 is 0.758. The van der Waals surface area contributed by atoms with Crippen LogP contribution in [0, 0.1) is 0 Å². The predicted octanol–water partition coefficient (Wildman–Crippen LogP) is 4.24. The summed E-state index contributed by atoms with van der Waals surface area (Å²) >= 11 is 8.60. The van der Waals surface area contributed by atoms with E-state index in [2.05, 4.69) is 16.0 Å². The Labute approximate surface area is 116 Å². The van der Waals surface area contributed by atoms with Gasteiger partial charge in [-0.3, -0.25) is 4.79 Å². The van der Waals surface area contributed by atoms with Crippen molar-refractivity contribution in [3.05, 3.63) is 40.4 Å². The number of rotatable bonds is 3. The lowest BCUT2D eigenvalue weighted by Crippen LogP contribution is -1.71. The minimum absolute atomic E-state index is 0.272. The van der Waals surface area contributed by atoms with Gasteiger partial charge in [0.05, 0.1) is 5.03 Å². The Morgan fingerprint density at radius 3 is 2.94 bits per heavy atom. The van der Waals surface area contributed by atoms with Gasteiger partial charge < -0.3 is 4.98 Å². The number of hydrogen-bond acceptors (Lipinski definition) is 4. The average molecular weight is 295 g/mol. The predicted molar refractivity (Wildman–Crippen MR) is 74.9 cm³/mol. The zero-order valence-corrected chi connectivity index (χ0v) is 11.4. The second-order valence-corrected chi connectivity index (χ2v) is 6.25. The number of benzene rings is 1. The fourth-order valence-corrected chi connectivity index (χ4v) is 3.83. The summed E-state index contributed by atoms with van der Waals surface area (Å²) in [7, 11) is 0. The Kier molecular flexibility index (Phi) is 3.11. The average Bonchev–Trinajstić information content (AvgIpc) is 2.92. The van der Waals surface area contributed by atoms with Crippen LogP contribution in [0.3, 0.4) is 0 Å². The molecule has 3 nitrogen and oxygen atoms in total. The van der Waals surface area contributed by atoms with Crippen molar-refractivity contribution in [2.75, 3.05) is 0 Å². The van der Waals surface area contributed by atoms with Crippen LogP contribution >= 0.6 is 34.7 Å². The largest absolute Gasteiger partial charge is 0.349 e. The number of halogens is 1. The van der Waals surface area contributed by atoms with E-state index in [9.17, 15) is 4.79 Å². The number of para-hydroxylation sites is 1. The Hall–Kier alpha value is -1.30. The van der Waals surface area contributed by atoms with Crippen molar-refractivity contribution in [3.63, 3.8) is 0 Å². The first kappa shape index (κ1) is 11.8. The number of aldehydes is 1. The van der Waals surface area contributed by atoms with E-state index in [0.717, 1.165) is 26.6 Å². The third-order valence-electron chi connectivity index (χ3n) is 2.40. The van der Waals surface area contributed by atoms with Crippen LogP contribution in [0.5, 0.6) is 0 Å².